The Labute approximate surface area is 303 Å². The highest BCUT2D eigenvalue weighted by atomic mass is 28.4. The van der Waals surface area contributed by atoms with E-state index < -0.39 is 26.6 Å². The van der Waals surface area contributed by atoms with Crippen molar-refractivity contribution >= 4 is 20.4 Å². The maximum absolute atomic E-state index is 13.0. The van der Waals surface area contributed by atoms with Crippen molar-refractivity contribution in [3.8, 4) is 0 Å². The highest BCUT2D eigenvalue weighted by Gasteiger charge is 2.37. The first kappa shape index (κ1) is 47.2. The smallest absolute Gasteiger partial charge is 0.404 e. The Bertz CT molecular complexity index is 1120. The molecule has 0 aliphatic carbocycles. The van der Waals surface area contributed by atoms with Gasteiger partial charge in [0.25, 0.3) is 0 Å². The van der Waals surface area contributed by atoms with Crippen LogP contribution in [-0.2, 0) is 37.6 Å². The predicted molar refractivity (Wildman–Crippen MR) is 204 cm³/mol. The minimum absolute atomic E-state index is 0.0340. The molecular formula is C39H67NO9Si. The number of esters is 1. The summed E-state index contributed by atoms with van der Waals surface area (Å²) >= 11 is 0. The summed E-state index contributed by atoms with van der Waals surface area (Å²) in [4.78, 5) is 24.4. The largest absolute Gasteiger partial charge is 0.458 e. The molecule has 0 aromatic heterocycles. The second kappa shape index (κ2) is 26.0. The lowest BCUT2D eigenvalue weighted by molar-refractivity contribution is -0.144. The Morgan fingerprint density at radius 2 is 1.54 bits per heavy atom. The summed E-state index contributed by atoms with van der Waals surface area (Å²) in [7, 11) is 1.18. The molecule has 0 rings (SSSR count). The lowest BCUT2D eigenvalue weighted by Crippen LogP contribution is -2.41. The van der Waals surface area contributed by atoms with Crippen LogP contribution in [0.3, 0.4) is 0 Å². The minimum atomic E-state index is -1.91. The van der Waals surface area contributed by atoms with Gasteiger partial charge in [0.15, 0.2) is 8.32 Å². The second-order valence-electron chi connectivity index (χ2n) is 14.0. The fourth-order valence-corrected chi connectivity index (χ4v) is 5.59. The second-order valence-corrected chi connectivity index (χ2v) is 18.9. The van der Waals surface area contributed by atoms with Gasteiger partial charge in [-0.25, -0.2) is 9.59 Å². The first-order chi connectivity index (χ1) is 23.5. The molecule has 10 nitrogen and oxygen atoms in total. The zero-order chi connectivity index (χ0) is 38.2. The number of primary amides is 1. The molecule has 2 N–H and O–H groups in total. The van der Waals surface area contributed by atoms with Gasteiger partial charge in [-0.2, -0.15) is 0 Å². The fourth-order valence-electron chi connectivity index (χ4n) is 4.57. The van der Waals surface area contributed by atoms with E-state index in [9.17, 15) is 9.59 Å². The predicted octanol–water partition coefficient (Wildman–Crippen LogP) is 8.72. The maximum atomic E-state index is 13.0. The Morgan fingerprint density at radius 3 is 2.12 bits per heavy atom. The first-order valence-corrected chi connectivity index (χ1v) is 20.3. The molecular weight excluding hydrogens is 655 g/mol. The molecule has 11 heteroatoms. The van der Waals surface area contributed by atoms with Gasteiger partial charge in [0, 0.05) is 32.6 Å². The third-order valence-electron chi connectivity index (χ3n) is 8.55. The van der Waals surface area contributed by atoms with Crippen LogP contribution in [0.15, 0.2) is 72.9 Å². The standard InChI is InChI=1S/C39H67NO9Si/c1-13-33(45-28-43-9)22-18-16-20-24-37(41)48-36(32(5)25-31(4)27-47-50(11,12)39(6,7)8)26-30(3)21-17-15-19-23-35(49-38(40)42)34(14-2)46-29-44-10/h13-15,17,20-21,24-25,32-36H,1-2,16,18-19,22-23,26-29H2,3-12H3,(H2,40,42)/b17-15+,24-20+,30-21+,31-25-/t32-,33+,34-,35-,36-/m1/s1. The molecule has 0 aromatic carbocycles. The third-order valence-corrected chi connectivity index (χ3v) is 13.0. The van der Waals surface area contributed by atoms with Crippen LogP contribution in [0.1, 0.15) is 80.1 Å². The van der Waals surface area contributed by atoms with Crippen LogP contribution < -0.4 is 5.73 Å². The van der Waals surface area contributed by atoms with Crippen molar-refractivity contribution in [2.75, 3.05) is 34.4 Å². The number of nitrogens with two attached hydrogens (primary N) is 1. The number of unbranched alkanes of at least 4 members (excludes halogenated alkanes) is 1. The van der Waals surface area contributed by atoms with Gasteiger partial charge in [0.2, 0.25) is 0 Å². The number of amides is 1. The Kier molecular flexibility index (Phi) is 24.6. The fraction of sp³-hybridized carbons (Fsp3) is 0.641. The minimum Gasteiger partial charge on any atom is -0.458 e. The number of carbonyl (C=O) groups is 2. The Hall–Kier alpha value is -2.80. The molecule has 0 bridgehead atoms. The quantitative estimate of drug-likeness (QED) is 0.0169. The summed E-state index contributed by atoms with van der Waals surface area (Å²) in [5.74, 6) is -0.429. The van der Waals surface area contributed by atoms with E-state index in [0.29, 0.717) is 32.3 Å². The van der Waals surface area contributed by atoms with E-state index in [0.717, 1.165) is 24.0 Å². The van der Waals surface area contributed by atoms with Gasteiger partial charge in [-0.15, -0.1) is 13.2 Å². The summed E-state index contributed by atoms with van der Waals surface area (Å²) in [5, 5.41) is 0.114. The van der Waals surface area contributed by atoms with Crippen LogP contribution in [0.4, 0.5) is 4.79 Å². The van der Waals surface area contributed by atoms with E-state index in [1.807, 2.05) is 31.2 Å². The summed E-state index contributed by atoms with van der Waals surface area (Å²) < 4.78 is 38.8. The van der Waals surface area contributed by atoms with Crippen molar-refractivity contribution in [2.45, 2.75) is 123 Å². The molecule has 5 atom stereocenters. The van der Waals surface area contributed by atoms with Gasteiger partial charge >= 0.3 is 12.1 Å². The van der Waals surface area contributed by atoms with Gasteiger partial charge in [-0.1, -0.05) is 81.4 Å². The number of methoxy groups -OCH3 is 2. The molecule has 0 aliphatic heterocycles. The van der Waals surface area contributed by atoms with Crippen LogP contribution in [0.25, 0.3) is 0 Å². The van der Waals surface area contributed by atoms with Gasteiger partial charge in [0.05, 0.1) is 12.7 Å². The number of carbonyl (C=O) groups excluding carboxylic acids is 2. The van der Waals surface area contributed by atoms with Crippen molar-refractivity contribution in [3.63, 3.8) is 0 Å². The monoisotopic (exact) mass is 721 g/mol. The van der Waals surface area contributed by atoms with E-state index >= 15 is 0 Å². The molecule has 0 radical (unpaired) electrons. The molecule has 0 fully saturated rings. The molecule has 0 spiro atoms. The summed E-state index contributed by atoms with van der Waals surface area (Å²) in [6.45, 7) is 25.7. The zero-order valence-corrected chi connectivity index (χ0v) is 33.5. The van der Waals surface area contributed by atoms with Gasteiger partial charge in [-0.05, 0) is 64.1 Å². The molecule has 0 unspecified atom stereocenters. The van der Waals surface area contributed by atoms with Crippen molar-refractivity contribution in [2.24, 2.45) is 11.7 Å². The van der Waals surface area contributed by atoms with Gasteiger partial charge in [0.1, 0.15) is 31.9 Å². The molecule has 0 aromatic rings. The molecule has 0 saturated heterocycles. The number of rotatable bonds is 27. The average molecular weight is 722 g/mol. The Morgan fingerprint density at radius 1 is 0.880 bits per heavy atom. The number of hydrogen-bond acceptors (Lipinski definition) is 9. The molecule has 286 valence electrons. The van der Waals surface area contributed by atoms with Crippen LogP contribution in [-0.4, -0.2) is 79.2 Å². The van der Waals surface area contributed by atoms with E-state index in [1.54, 1.807) is 19.3 Å². The van der Waals surface area contributed by atoms with Crippen LogP contribution >= 0.6 is 0 Å². The highest BCUT2D eigenvalue weighted by Crippen LogP contribution is 2.36. The van der Waals surface area contributed by atoms with E-state index in [2.05, 4.69) is 66.9 Å². The summed E-state index contributed by atoms with van der Waals surface area (Å²) in [6, 6.07) is 0. The number of hydrogen-bond donors (Lipinski definition) is 1. The summed E-state index contributed by atoms with van der Waals surface area (Å²) in [6.07, 6.45) is 16.2. The topological polar surface area (TPSA) is 125 Å². The number of ether oxygens (including phenoxy) is 6. The van der Waals surface area contributed by atoms with E-state index in [1.165, 1.54) is 13.2 Å². The molecule has 0 heterocycles. The van der Waals surface area contributed by atoms with Crippen LogP contribution in [0.5, 0.6) is 0 Å². The van der Waals surface area contributed by atoms with Gasteiger partial charge < -0.3 is 38.6 Å². The van der Waals surface area contributed by atoms with Crippen LogP contribution in [0.2, 0.25) is 18.1 Å². The van der Waals surface area contributed by atoms with Crippen LogP contribution in [0, 0.1) is 5.92 Å². The molecule has 0 saturated carbocycles. The highest BCUT2D eigenvalue weighted by molar-refractivity contribution is 6.74. The lowest BCUT2D eigenvalue weighted by Gasteiger charge is -2.36. The normalized spacial score (nSPS) is 16.2. The molecule has 0 aliphatic rings. The maximum Gasteiger partial charge on any atom is 0.404 e. The van der Waals surface area contributed by atoms with Crippen molar-refractivity contribution in [1.29, 1.82) is 0 Å². The van der Waals surface area contributed by atoms with E-state index in [4.69, 9.17) is 38.6 Å². The van der Waals surface area contributed by atoms with Crippen molar-refractivity contribution in [3.05, 3.63) is 72.9 Å². The molecule has 1 amide bonds. The zero-order valence-electron chi connectivity index (χ0n) is 32.5. The van der Waals surface area contributed by atoms with E-state index in [-0.39, 0.29) is 42.7 Å². The summed E-state index contributed by atoms with van der Waals surface area (Å²) in [5.41, 5.74) is 7.42. The average Bonchev–Trinajstić information content (AvgIpc) is 3.03. The van der Waals surface area contributed by atoms with Crippen molar-refractivity contribution in [1.82, 2.24) is 0 Å². The third kappa shape index (κ3) is 21.4. The molecule has 50 heavy (non-hydrogen) atoms. The Balaban J connectivity index is 5.65. The number of allylic oxidation sites excluding steroid dienone is 4. The first-order valence-electron chi connectivity index (χ1n) is 17.4. The lowest BCUT2D eigenvalue weighted by atomic mass is 9.95. The van der Waals surface area contributed by atoms with Crippen molar-refractivity contribution < 1.29 is 42.4 Å². The van der Waals surface area contributed by atoms with Gasteiger partial charge in [-0.3, -0.25) is 0 Å². The SMILES string of the molecule is C=C[C@@H](CCC/C=C/C(=O)O[C@H](C/C(C)=C/C=C/CC[C@@H](OC(N)=O)[C@@H](C=C)OCOC)[C@H](C)/C=C(/C)CO[Si](C)(C)C(C)(C)C)OCOC.